The Morgan fingerprint density at radius 3 is 2.59 bits per heavy atom. The quantitative estimate of drug-likeness (QED) is 0.640. The monoisotopic (exact) mass is 320 g/mol. The number of nitrogens with zero attached hydrogens (tertiary/aromatic N) is 4. The van der Waals surface area contributed by atoms with Crippen molar-refractivity contribution in [3.63, 3.8) is 0 Å². The van der Waals surface area contributed by atoms with Crippen LogP contribution in [-0.4, -0.2) is 19.3 Å². The third-order valence-electron chi connectivity index (χ3n) is 2.82. The Morgan fingerprint density at radius 1 is 1.35 bits per heavy atom. The van der Waals surface area contributed by atoms with Crippen molar-refractivity contribution in [1.29, 1.82) is 0 Å². The molecule has 0 amide bonds. The van der Waals surface area contributed by atoms with E-state index in [0.29, 0.717) is 0 Å². The smallest absolute Gasteiger partial charge is 0.0658 e. The number of rotatable bonds is 3. The van der Waals surface area contributed by atoms with Gasteiger partial charge in [-0.2, -0.15) is 5.10 Å². The first kappa shape index (κ1) is 14.1. The zero-order chi connectivity index (χ0) is 11.7. The zero-order valence-corrected chi connectivity index (χ0v) is 12.3. The van der Waals surface area contributed by atoms with Gasteiger partial charge in [0.05, 0.1) is 5.69 Å². The Labute approximate surface area is 115 Å². The van der Waals surface area contributed by atoms with E-state index in [4.69, 9.17) is 0 Å². The molecule has 0 spiro atoms. The van der Waals surface area contributed by atoms with Gasteiger partial charge in [-0.1, -0.05) is 20.3 Å². The molecule has 0 aromatic carbocycles. The number of hydrogen-bond acceptors (Lipinski definition) is 2. The third kappa shape index (κ3) is 2.66. The fraction of sp³-hybridized carbons (Fsp3) is 0.500. The Bertz CT molecular complexity index is 499. The molecule has 0 fully saturated rings. The van der Waals surface area contributed by atoms with Crippen LogP contribution in [0, 0.1) is 20.0 Å². The van der Waals surface area contributed by atoms with E-state index >= 15 is 0 Å². The van der Waals surface area contributed by atoms with Gasteiger partial charge in [-0.25, -0.2) is 4.68 Å². The average Bonchev–Trinajstić information content (AvgIpc) is 2.75. The molecule has 5 heteroatoms. The van der Waals surface area contributed by atoms with Crippen molar-refractivity contribution in [1.82, 2.24) is 19.3 Å². The molecule has 0 atom stereocenters. The Morgan fingerprint density at radius 2 is 2.06 bits per heavy atom. The second-order valence-electron chi connectivity index (χ2n) is 4.11. The van der Waals surface area contributed by atoms with E-state index in [-0.39, 0.29) is 19.5 Å². The van der Waals surface area contributed by atoms with Gasteiger partial charge in [0.15, 0.2) is 0 Å². The molecule has 2 rings (SSSR count). The summed E-state index contributed by atoms with van der Waals surface area (Å²) in [6.45, 7) is 6.22. The van der Waals surface area contributed by atoms with Gasteiger partial charge in [-0.05, 0) is 31.8 Å². The molecule has 0 aliphatic rings. The predicted molar refractivity (Wildman–Crippen MR) is 62.6 cm³/mol. The van der Waals surface area contributed by atoms with Gasteiger partial charge in [-0.15, -0.1) is 6.20 Å². The van der Waals surface area contributed by atoms with Crippen molar-refractivity contribution < 1.29 is 19.5 Å². The minimum atomic E-state index is 0. The fourth-order valence-electron chi connectivity index (χ4n) is 1.73. The number of aromatic nitrogens is 4. The normalized spacial score (nSPS) is 10.4. The molecule has 0 unspecified atom stereocenters. The van der Waals surface area contributed by atoms with E-state index in [1.165, 1.54) is 5.56 Å². The first-order chi connectivity index (χ1) is 7.63. The molecule has 0 aliphatic carbocycles. The van der Waals surface area contributed by atoms with E-state index < -0.39 is 0 Å². The zero-order valence-electron chi connectivity index (χ0n) is 10.6. The van der Waals surface area contributed by atoms with Gasteiger partial charge < -0.3 is 9.55 Å². The van der Waals surface area contributed by atoms with Crippen molar-refractivity contribution >= 4 is 0 Å². The first-order valence-electron chi connectivity index (χ1n) is 5.60. The molecule has 0 saturated heterocycles. The number of imidazole rings is 1. The standard InChI is InChI=1S/C12H17N4.Rh/c1-5-6-11-9(2)8-16(14-11)12-7-13-10(3)15(12)4;/h8H,5-6H2,1-4H3;/q-1;. The number of hydrogen-bond donors (Lipinski definition) is 0. The number of aryl methyl sites for hydroxylation is 3. The van der Waals surface area contributed by atoms with Crippen molar-refractivity contribution in [2.24, 2.45) is 7.05 Å². The molecule has 2 aromatic rings. The fourth-order valence-corrected chi connectivity index (χ4v) is 1.73. The van der Waals surface area contributed by atoms with E-state index in [1.807, 2.05) is 29.4 Å². The summed E-state index contributed by atoms with van der Waals surface area (Å²) in [5.41, 5.74) is 2.39. The molecule has 0 aliphatic heterocycles. The first-order valence-corrected chi connectivity index (χ1v) is 5.60. The molecule has 2 heterocycles. The topological polar surface area (TPSA) is 35.6 Å². The van der Waals surface area contributed by atoms with Crippen LogP contribution in [0.5, 0.6) is 0 Å². The summed E-state index contributed by atoms with van der Waals surface area (Å²) < 4.78 is 3.85. The molecule has 4 nitrogen and oxygen atoms in total. The summed E-state index contributed by atoms with van der Waals surface area (Å²) in [5.74, 6) is 1.84. The summed E-state index contributed by atoms with van der Waals surface area (Å²) >= 11 is 0. The van der Waals surface area contributed by atoms with Gasteiger partial charge in [0, 0.05) is 31.5 Å². The SMILES string of the molecule is CCCc1nn(-c2[c-]nc(C)n2C)cc1C.[Rh]. The maximum Gasteiger partial charge on any atom is 0.0658 e. The van der Waals surface area contributed by atoms with Crippen LogP contribution in [0.1, 0.15) is 30.4 Å². The molecule has 0 saturated carbocycles. The van der Waals surface area contributed by atoms with Crippen LogP contribution in [0.2, 0.25) is 0 Å². The third-order valence-corrected chi connectivity index (χ3v) is 2.82. The maximum atomic E-state index is 4.57. The van der Waals surface area contributed by atoms with E-state index in [2.05, 4.69) is 30.1 Å². The van der Waals surface area contributed by atoms with Crippen molar-refractivity contribution in [3.05, 3.63) is 29.5 Å². The maximum absolute atomic E-state index is 4.57. The van der Waals surface area contributed by atoms with Gasteiger partial charge in [0.1, 0.15) is 0 Å². The molecule has 1 radical (unpaired) electrons. The van der Waals surface area contributed by atoms with Crippen molar-refractivity contribution in [3.8, 4) is 5.82 Å². The van der Waals surface area contributed by atoms with Crippen LogP contribution in [0.25, 0.3) is 5.82 Å². The van der Waals surface area contributed by atoms with Crippen LogP contribution in [0.4, 0.5) is 0 Å². The molecule has 95 valence electrons. The molecular formula is C12H17N4Rh-. The summed E-state index contributed by atoms with van der Waals surface area (Å²) in [6.07, 6.45) is 7.17. The minimum Gasteiger partial charge on any atom is -0.437 e. The minimum absolute atomic E-state index is 0. The molecule has 2 aromatic heterocycles. The molecule has 17 heavy (non-hydrogen) atoms. The van der Waals surface area contributed by atoms with Crippen LogP contribution in [0.3, 0.4) is 0 Å². The summed E-state index contributed by atoms with van der Waals surface area (Å²) in [7, 11) is 1.98. The summed E-state index contributed by atoms with van der Waals surface area (Å²) in [6, 6.07) is 0. The van der Waals surface area contributed by atoms with Crippen LogP contribution >= 0.6 is 0 Å². The summed E-state index contributed by atoms with van der Waals surface area (Å²) in [4.78, 5) is 4.15. The van der Waals surface area contributed by atoms with Gasteiger partial charge in [0.2, 0.25) is 0 Å². The van der Waals surface area contributed by atoms with Crippen molar-refractivity contribution in [2.45, 2.75) is 33.6 Å². The average molecular weight is 320 g/mol. The Kier molecular flexibility index (Phi) is 4.64. The van der Waals surface area contributed by atoms with Gasteiger partial charge >= 0.3 is 0 Å². The second kappa shape index (κ2) is 5.59. The second-order valence-corrected chi connectivity index (χ2v) is 4.11. The van der Waals surface area contributed by atoms with Crippen LogP contribution in [0.15, 0.2) is 6.20 Å². The molecule has 0 bridgehead atoms. The Balaban J connectivity index is 0.00000144. The van der Waals surface area contributed by atoms with Crippen LogP contribution in [-0.2, 0) is 32.9 Å². The predicted octanol–water partition coefficient (Wildman–Crippen LogP) is 1.97. The molecule has 0 N–H and O–H groups in total. The molecular weight excluding hydrogens is 303 g/mol. The van der Waals surface area contributed by atoms with E-state index in [1.54, 1.807) is 0 Å². The van der Waals surface area contributed by atoms with Gasteiger partial charge in [-0.3, -0.25) is 0 Å². The van der Waals surface area contributed by atoms with Crippen molar-refractivity contribution in [2.75, 3.05) is 0 Å². The van der Waals surface area contributed by atoms with Crippen LogP contribution < -0.4 is 0 Å². The summed E-state index contributed by atoms with van der Waals surface area (Å²) in [5, 5.41) is 4.57. The van der Waals surface area contributed by atoms with E-state index in [9.17, 15) is 0 Å². The van der Waals surface area contributed by atoms with Gasteiger partial charge in [0.25, 0.3) is 0 Å². The van der Waals surface area contributed by atoms with E-state index in [0.717, 1.165) is 30.2 Å². The Hall–Kier alpha value is -0.957. The largest absolute Gasteiger partial charge is 0.437 e.